The van der Waals surface area contributed by atoms with E-state index in [4.69, 9.17) is 32.7 Å². The van der Waals surface area contributed by atoms with Crippen LogP contribution in [0.1, 0.15) is 16.7 Å². The number of hydrazone groups is 1. The predicted molar refractivity (Wildman–Crippen MR) is 137 cm³/mol. The molecule has 2 N–H and O–H groups in total. The van der Waals surface area contributed by atoms with Gasteiger partial charge in [-0.2, -0.15) is 5.10 Å². The molecule has 3 rings (SSSR count). The van der Waals surface area contributed by atoms with Crippen molar-refractivity contribution in [2.45, 2.75) is 13.5 Å². The van der Waals surface area contributed by atoms with Gasteiger partial charge in [0.15, 0.2) is 11.5 Å². The van der Waals surface area contributed by atoms with Crippen LogP contribution in [0.4, 0.5) is 5.69 Å². The molecule has 0 bridgehead atoms. The first-order valence-electron chi connectivity index (χ1n) is 9.93. The monoisotopic (exact) mass is 563 g/mol. The molecule has 0 aliphatic rings. The molecule has 0 heterocycles. The Morgan fingerprint density at radius 2 is 1.85 bits per heavy atom. The summed E-state index contributed by atoms with van der Waals surface area (Å²) in [6.45, 7) is 2.39. The van der Waals surface area contributed by atoms with Gasteiger partial charge in [-0.05, 0) is 63.8 Å². The van der Waals surface area contributed by atoms with E-state index in [2.05, 4.69) is 31.8 Å². The van der Waals surface area contributed by atoms with Gasteiger partial charge in [-0.1, -0.05) is 53.5 Å². The zero-order chi connectivity index (χ0) is 24.7. The van der Waals surface area contributed by atoms with E-state index in [1.807, 2.05) is 31.2 Å². The van der Waals surface area contributed by atoms with Crippen LogP contribution in [0, 0.1) is 6.92 Å². The Morgan fingerprint density at radius 3 is 2.59 bits per heavy atom. The highest BCUT2D eigenvalue weighted by Crippen LogP contribution is 2.37. The molecular formula is C24H20BrCl2N3O4. The molecular weight excluding hydrogens is 545 g/mol. The van der Waals surface area contributed by atoms with Crippen molar-refractivity contribution >= 4 is 62.8 Å². The summed E-state index contributed by atoms with van der Waals surface area (Å²) in [7, 11) is 1.52. The summed E-state index contributed by atoms with van der Waals surface area (Å²) < 4.78 is 12.1. The van der Waals surface area contributed by atoms with Crippen LogP contribution in [0.15, 0.2) is 64.2 Å². The average molecular weight is 565 g/mol. The fraction of sp³-hybridized carbons (Fsp3) is 0.125. The number of rotatable bonds is 7. The van der Waals surface area contributed by atoms with Gasteiger partial charge in [0.1, 0.15) is 6.61 Å². The van der Waals surface area contributed by atoms with Gasteiger partial charge in [-0.3, -0.25) is 9.59 Å². The molecule has 0 aromatic heterocycles. The van der Waals surface area contributed by atoms with Gasteiger partial charge >= 0.3 is 11.8 Å². The molecule has 0 fully saturated rings. The Kier molecular flexibility index (Phi) is 8.92. The second-order valence-electron chi connectivity index (χ2n) is 7.00. The number of methoxy groups -OCH3 is 1. The third kappa shape index (κ3) is 6.50. The van der Waals surface area contributed by atoms with Gasteiger partial charge in [0, 0.05) is 0 Å². The molecule has 0 unspecified atom stereocenters. The molecule has 0 radical (unpaired) electrons. The number of hydrogen-bond donors (Lipinski definition) is 2. The molecule has 0 aliphatic heterocycles. The lowest BCUT2D eigenvalue weighted by molar-refractivity contribution is -0.136. The highest BCUT2D eigenvalue weighted by Gasteiger charge is 2.16. The van der Waals surface area contributed by atoms with E-state index in [1.165, 1.54) is 19.4 Å². The van der Waals surface area contributed by atoms with Gasteiger partial charge in [0.05, 0.1) is 33.5 Å². The van der Waals surface area contributed by atoms with Crippen molar-refractivity contribution in [2.75, 3.05) is 12.4 Å². The Hall–Kier alpha value is -3.07. The molecule has 3 aromatic rings. The number of anilines is 1. The number of nitrogens with one attached hydrogen (secondary N) is 2. The number of aryl methyl sites for hydroxylation is 1. The highest BCUT2D eigenvalue weighted by atomic mass is 79.9. The number of carbonyl (C=O) groups excluding carboxylic acids is 2. The fourth-order valence-corrected chi connectivity index (χ4v) is 3.79. The summed E-state index contributed by atoms with van der Waals surface area (Å²) >= 11 is 15.4. The number of ether oxygens (including phenoxy) is 2. The lowest BCUT2D eigenvalue weighted by Crippen LogP contribution is -2.32. The van der Waals surface area contributed by atoms with E-state index >= 15 is 0 Å². The van der Waals surface area contributed by atoms with E-state index in [0.717, 1.165) is 11.1 Å². The topological polar surface area (TPSA) is 89.0 Å². The van der Waals surface area contributed by atoms with Crippen molar-refractivity contribution in [1.82, 2.24) is 5.43 Å². The highest BCUT2D eigenvalue weighted by molar-refractivity contribution is 9.10. The van der Waals surface area contributed by atoms with Gasteiger partial charge in [0.2, 0.25) is 0 Å². The summed E-state index contributed by atoms with van der Waals surface area (Å²) in [6.07, 6.45) is 1.37. The Labute approximate surface area is 215 Å². The summed E-state index contributed by atoms with van der Waals surface area (Å²) in [5.74, 6) is -0.912. The lowest BCUT2D eigenvalue weighted by atomic mass is 10.1. The van der Waals surface area contributed by atoms with Crippen LogP contribution >= 0.6 is 39.1 Å². The van der Waals surface area contributed by atoms with Gasteiger partial charge in [-0.15, -0.1) is 0 Å². The van der Waals surface area contributed by atoms with E-state index in [9.17, 15) is 9.59 Å². The third-order valence-corrected chi connectivity index (χ3v) is 6.08. The van der Waals surface area contributed by atoms with Crippen molar-refractivity contribution in [3.8, 4) is 11.5 Å². The quantitative estimate of drug-likeness (QED) is 0.217. The molecule has 10 heteroatoms. The minimum absolute atomic E-state index is 0.135. The predicted octanol–water partition coefficient (Wildman–Crippen LogP) is 5.74. The van der Waals surface area contributed by atoms with Gasteiger partial charge in [-0.25, -0.2) is 5.43 Å². The second-order valence-corrected chi connectivity index (χ2v) is 8.64. The lowest BCUT2D eigenvalue weighted by Gasteiger charge is -2.14. The molecule has 34 heavy (non-hydrogen) atoms. The van der Waals surface area contributed by atoms with Crippen LogP contribution in [0.3, 0.4) is 0 Å². The van der Waals surface area contributed by atoms with Crippen molar-refractivity contribution in [3.63, 3.8) is 0 Å². The van der Waals surface area contributed by atoms with Gasteiger partial charge < -0.3 is 14.8 Å². The molecule has 0 aliphatic carbocycles. The largest absolute Gasteiger partial charge is 0.493 e. The standard InChI is InChI=1S/C24H20BrCl2N3O4/c1-14-6-3-4-7-16(14)13-34-22-17(25)10-15(11-20(22)33-2)12-28-30-24(32)23(31)29-19-9-5-8-18(26)21(19)27/h3-12H,13H2,1-2H3,(H,29,31)(H,30,32)/b28-12+. The number of carbonyl (C=O) groups is 2. The first-order valence-corrected chi connectivity index (χ1v) is 11.5. The van der Waals surface area contributed by atoms with Crippen LogP contribution in [-0.2, 0) is 16.2 Å². The SMILES string of the molecule is COc1cc(/C=N/NC(=O)C(=O)Nc2cccc(Cl)c2Cl)cc(Br)c1OCc1ccccc1C. The second kappa shape index (κ2) is 11.9. The normalized spacial score (nSPS) is 10.7. The van der Waals surface area contributed by atoms with Crippen molar-refractivity contribution in [1.29, 1.82) is 0 Å². The molecule has 0 atom stereocenters. The number of nitrogens with zero attached hydrogens (tertiary/aromatic N) is 1. The van der Waals surface area contributed by atoms with Crippen LogP contribution in [0.25, 0.3) is 0 Å². The maximum Gasteiger partial charge on any atom is 0.329 e. The summed E-state index contributed by atoms with van der Waals surface area (Å²) in [5, 5.41) is 6.60. The van der Waals surface area contributed by atoms with Crippen LogP contribution in [0.2, 0.25) is 10.0 Å². The van der Waals surface area contributed by atoms with E-state index in [-0.39, 0.29) is 15.7 Å². The minimum atomic E-state index is -0.975. The maximum absolute atomic E-state index is 12.1. The minimum Gasteiger partial charge on any atom is -0.493 e. The Morgan fingerprint density at radius 1 is 1.09 bits per heavy atom. The molecule has 0 saturated heterocycles. The zero-order valence-corrected chi connectivity index (χ0v) is 21.3. The average Bonchev–Trinajstić information content (AvgIpc) is 2.81. The Bertz CT molecular complexity index is 1250. The molecule has 3 aromatic carbocycles. The first kappa shape index (κ1) is 25.6. The molecule has 2 amide bonds. The van der Waals surface area contributed by atoms with Crippen LogP contribution in [-0.4, -0.2) is 25.1 Å². The smallest absolute Gasteiger partial charge is 0.329 e. The van der Waals surface area contributed by atoms with E-state index in [0.29, 0.717) is 28.1 Å². The molecule has 7 nitrogen and oxygen atoms in total. The number of amides is 2. The van der Waals surface area contributed by atoms with Crippen molar-refractivity contribution in [2.24, 2.45) is 5.10 Å². The Balaban J connectivity index is 1.64. The summed E-state index contributed by atoms with van der Waals surface area (Å²) in [5.41, 5.74) is 5.16. The third-order valence-electron chi connectivity index (χ3n) is 4.67. The number of halogens is 3. The number of hydrogen-bond acceptors (Lipinski definition) is 5. The van der Waals surface area contributed by atoms with Gasteiger partial charge in [0.25, 0.3) is 0 Å². The summed E-state index contributed by atoms with van der Waals surface area (Å²) in [4.78, 5) is 24.1. The molecule has 0 saturated carbocycles. The maximum atomic E-state index is 12.1. The van der Waals surface area contributed by atoms with E-state index < -0.39 is 11.8 Å². The van der Waals surface area contributed by atoms with Crippen molar-refractivity contribution in [3.05, 3.63) is 85.8 Å². The molecule has 176 valence electrons. The number of benzene rings is 3. The van der Waals surface area contributed by atoms with Crippen LogP contribution in [0.5, 0.6) is 11.5 Å². The summed E-state index contributed by atoms with van der Waals surface area (Å²) in [6, 6.07) is 16.1. The fourth-order valence-electron chi connectivity index (χ4n) is 2.87. The zero-order valence-electron chi connectivity index (χ0n) is 18.2. The van der Waals surface area contributed by atoms with Crippen LogP contribution < -0.4 is 20.2 Å². The van der Waals surface area contributed by atoms with Crippen molar-refractivity contribution < 1.29 is 19.1 Å². The molecule has 0 spiro atoms. The van der Waals surface area contributed by atoms with E-state index in [1.54, 1.807) is 24.3 Å². The first-order chi connectivity index (χ1) is 16.3.